The van der Waals surface area contributed by atoms with Crippen LogP contribution in [0.2, 0.25) is 0 Å². The molecule has 1 aromatic rings. The zero-order chi connectivity index (χ0) is 14.8. The maximum absolute atomic E-state index is 6.20. The SMILES string of the molecule is CC1CCCN(C(N)=NCc2c3c(nn2C)CCCC3)C1. The first kappa shape index (κ1) is 14.4. The summed E-state index contributed by atoms with van der Waals surface area (Å²) in [6, 6.07) is 0. The molecule has 5 nitrogen and oxygen atoms in total. The van der Waals surface area contributed by atoms with E-state index in [2.05, 4.69) is 21.9 Å². The maximum atomic E-state index is 6.20. The molecule has 1 saturated heterocycles. The van der Waals surface area contributed by atoms with Gasteiger partial charge in [0, 0.05) is 20.1 Å². The molecule has 1 aliphatic carbocycles. The first-order valence-corrected chi connectivity index (χ1v) is 8.23. The van der Waals surface area contributed by atoms with Crippen molar-refractivity contribution in [2.75, 3.05) is 13.1 Å². The number of guanidine groups is 1. The van der Waals surface area contributed by atoms with E-state index in [4.69, 9.17) is 5.73 Å². The average molecular weight is 289 g/mol. The molecule has 2 aliphatic rings. The van der Waals surface area contributed by atoms with E-state index in [1.54, 1.807) is 0 Å². The van der Waals surface area contributed by atoms with Crippen LogP contribution in [-0.4, -0.2) is 33.7 Å². The van der Waals surface area contributed by atoms with Crippen LogP contribution in [0.3, 0.4) is 0 Å². The summed E-state index contributed by atoms with van der Waals surface area (Å²) in [5.74, 6) is 1.42. The third-order valence-electron chi connectivity index (χ3n) is 4.82. The number of hydrogen-bond donors (Lipinski definition) is 1. The highest BCUT2D eigenvalue weighted by atomic mass is 15.3. The summed E-state index contributed by atoms with van der Waals surface area (Å²) in [5.41, 5.74) is 10.1. The Kier molecular flexibility index (Phi) is 4.17. The largest absolute Gasteiger partial charge is 0.370 e. The van der Waals surface area contributed by atoms with Crippen molar-refractivity contribution in [1.29, 1.82) is 0 Å². The highest BCUT2D eigenvalue weighted by Gasteiger charge is 2.20. The van der Waals surface area contributed by atoms with Crippen molar-refractivity contribution < 1.29 is 0 Å². The number of aryl methyl sites for hydroxylation is 2. The van der Waals surface area contributed by atoms with Crippen molar-refractivity contribution in [3.05, 3.63) is 17.0 Å². The van der Waals surface area contributed by atoms with Crippen molar-refractivity contribution in [3.8, 4) is 0 Å². The lowest BCUT2D eigenvalue weighted by molar-refractivity contribution is 0.270. The van der Waals surface area contributed by atoms with Crippen LogP contribution in [0.4, 0.5) is 0 Å². The minimum atomic E-state index is 0.662. The molecule has 1 atom stereocenters. The number of likely N-dealkylation sites (tertiary alicyclic amines) is 1. The van der Waals surface area contributed by atoms with Crippen molar-refractivity contribution in [3.63, 3.8) is 0 Å². The van der Waals surface area contributed by atoms with E-state index in [0.717, 1.165) is 31.8 Å². The molecule has 1 aromatic heterocycles. The third kappa shape index (κ3) is 3.06. The summed E-state index contributed by atoms with van der Waals surface area (Å²) in [5, 5.41) is 4.65. The zero-order valence-corrected chi connectivity index (χ0v) is 13.3. The van der Waals surface area contributed by atoms with Gasteiger partial charge in [-0.25, -0.2) is 4.99 Å². The van der Waals surface area contributed by atoms with E-state index in [-0.39, 0.29) is 0 Å². The van der Waals surface area contributed by atoms with Gasteiger partial charge >= 0.3 is 0 Å². The number of aromatic nitrogens is 2. The van der Waals surface area contributed by atoms with Crippen molar-refractivity contribution in [2.45, 2.75) is 52.0 Å². The summed E-state index contributed by atoms with van der Waals surface area (Å²) in [7, 11) is 2.03. The number of aliphatic imine (C=N–C) groups is 1. The minimum absolute atomic E-state index is 0.662. The molecule has 5 heteroatoms. The zero-order valence-electron chi connectivity index (χ0n) is 13.3. The number of hydrogen-bond acceptors (Lipinski definition) is 2. The molecule has 21 heavy (non-hydrogen) atoms. The highest BCUT2D eigenvalue weighted by molar-refractivity contribution is 5.78. The van der Waals surface area contributed by atoms with Gasteiger partial charge in [-0.2, -0.15) is 5.10 Å². The molecular weight excluding hydrogens is 262 g/mol. The maximum Gasteiger partial charge on any atom is 0.191 e. The highest BCUT2D eigenvalue weighted by Crippen LogP contribution is 2.24. The fourth-order valence-corrected chi connectivity index (χ4v) is 3.60. The molecule has 2 heterocycles. The summed E-state index contributed by atoms with van der Waals surface area (Å²) in [6.07, 6.45) is 7.33. The monoisotopic (exact) mass is 289 g/mol. The number of piperidine rings is 1. The molecule has 0 spiro atoms. The summed E-state index contributed by atoms with van der Waals surface area (Å²) >= 11 is 0. The predicted molar refractivity (Wildman–Crippen MR) is 85.1 cm³/mol. The average Bonchev–Trinajstić information content (AvgIpc) is 2.80. The normalized spacial score (nSPS) is 23.2. The molecule has 1 unspecified atom stereocenters. The third-order valence-corrected chi connectivity index (χ3v) is 4.82. The number of nitrogens with zero attached hydrogens (tertiary/aromatic N) is 4. The van der Waals surface area contributed by atoms with Crippen LogP contribution in [0, 0.1) is 5.92 Å². The minimum Gasteiger partial charge on any atom is -0.370 e. The van der Waals surface area contributed by atoms with Gasteiger partial charge in [0.1, 0.15) is 0 Å². The first-order valence-electron chi connectivity index (χ1n) is 8.23. The van der Waals surface area contributed by atoms with Crippen LogP contribution in [0.25, 0.3) is 0 Å². The molecule has 116 valence electrons. The second kappa shape index (κ2) is 6.08. The molecule has 0 aromatic carbocycles. The van der Waals surface area contributed by atoms with E-state index in [9.17, 15) is 0 Å². The lowest BCUT2D eigenvalue weighted by atomic mass is 9.96. The topological polar surface area (TPSA) is 59.4 Å². The molecular formula is C16H27N5. The van der Waals surface area contributed by atoms with E-state index < -0.39 is 0 Å². The van der Waals surface area contributed by atoms with Crippen LogP contribution >= 0.6 is 0 Å². The van der Waals surface area contributed by atoms with Gasteiger partial charge in [0.25, 0.3) is 0 Å². The van der Waals surface area contributed by atoms with Gasteiger partial charge in [0.15, 0.2) is 5.96 Å². The fourth-order valence-electron chi connectivity index (χ4n) is 3.60. The molecule has 0 amide bonds. The Labute approximate surface area is 127 Å². The lowest BCUT2D eigenvalue weighted by Crippen LogP contribution is -2.43. The smallest absolute Gasteiger partial charge is 0.191 e. The van der Waals surface area contributed by atoms with Crippen molar-refractivity contribution in [1.82, 2.24) is 14.7 Å². The van der Waals surface area contributed by atoms with Gasteiger partial charge < -0.3 is 10.6 Å². The van der Waals surface area contributed by atoms with Crippen molar-refractivity contribution in [2.24, 2.45) is 23.7 Å². The second-order valence-corrected chi connectivity index (χ2v) is 6.57. The molecule has 3 rings (SSSR count). The molecule has 0 radical (unpaired) electrons. The van der Waals surface area contributed by atoms with Gasteiger partial charge in [0.05, 0.1) is 17.9 Å². The summed E-state index contributed by atoms with van der Waals surface area (Å²) in [6.45, 7) is 5.04. The quantitative estimate of drug-likeness (QED) is 0.667. The van der Waals surface area contributed by atoms with E-state index in [0.29, 0.717) is 12.5 Å². The van der Waals surface area contributed by atoms with Crippen LogP contribution in [0.5, 0.6) is 0 Å². The number of rotatable bonds is 2. The van der Waals surface area contributed by atoms with Crippen LogP contribution in [0.15, 0.2) is 4.99 Å². The van der Waals surface area contributed by atoms with Gasteiger partial charge in [-0.15, -0.1) is 0 Å². The Morgan fingerprint density at radius 3 is 2.95 bits per heavy atom. The van der Waals surface area contributed by atoms with E-state index >= 15 is 0 Å². The number of nitrogens with two attached hydrogens (primary N) is 1. The first-order chi connectivity index (χ1) is 10.1. The molecule has 0 saturated carbocycles. The van der Waals surface area contributed by atoms with Gasteiger partial charge in [-0.3, -0.25) is 4.68 Å². The lowest BCUT2D eigenvalue weighted by Gasteiger charge is -2.31. The molecule has 0 bridgehead atoms. The summed E-state index contributed by atoms with van der Waals surface area (Å²) < 4.78 is 2.01. The Balaban J connectivity index is 1.71. The fraction of sp³-hybridized carbons (Fsp3) is 0.750. The second-order valence-electron chi connectivity index (χ2n) is 6.57. The Bertz CT molecular complexity index is 531. The molecule has 1 aliphatic heterocycles. The molecule has 1 fully saturated rings. The van der Waals surface area contributed by atoms with Crippen LogP contribution in [-0.2, 0) is 26.4 Å². The van der Waals surface area contributed by atoms with Crippen LogP contribution < -0.4 is 5.73 Å². The Hall–Kier alpha value is -1.52. The van der Waals surface area contributed by atoms with Gasteiger partial charge in [-0.05, 0) is 50.0 Å². The Morgan fingerprint density at radius 1 is 1.33 bits per heavy atom. The van der Waals surface area contributed by atoms with Crippen molar-refractivity contribution >= 4 is 5.96 Å². The van der Waals surface area contributed by atoms with Gasteiger partial charge in [-0.1, -0.05) is 6.92 Å². The molecule has 2 N–H and O–H groups in total. The van der Waals surface area contributed by atoms with E-state index in [1.807, 2.05) is 11.7 Å². The summed E-state index contributed by atoms with van der Waals surface area (Å²) in [4.78, 5) is 6.89. The van der Waals surface area contributed by atoms with E-state index in [1.165, 1.54) is 42.6 Å². The standard InChI is InChI=1S/C16H27N5/c1-12-6-5-9-21(11-12)16(17)18-10-15-13-7-3-4-8-14(13)19-20(15)2/h12H,3-11H2,1-2H3,(H2,17,18). The number of fused-ring (bicyclic) bond motifs is 1. The Morgan fingerprint density at radius 2 is 2.14 bits per heavy atom. The van der Waals surface area contributed by atoms with Crippen LogP contribution in [0.1, 0.15) is 49.6 Å². The van der Waals surface area contributed by atoms with Gasteiger partial charge in [0.2, 0.25) is 0 Å². The predicted octanol–water partition coefficient (Wildman–Crippen LogP) is 1.85.